The second-order valence-electron chi connectivity index (χ2n) is 8.05. The first-order chi connectivity index (χ1) is 15.0. The third-order valence-corrected chi connectivity index (χ3v) is 6.17. The van der Waals surface area contributed by atoms with Crippen LogP contribution in [0.1, 0.15) is 10.4 Å². The summed E-state index contributed by atoms with van der Waals surface area (Å²) in [6.45, 7) is 6.03. The maximum absolute atomic E-state index is 13.1. The van der Waals surface area contributed by atoms with Crippen LogP contribution in [0.15, 0.2) is 30.9 Å². The number of nitrogens with zero attached hydrogens (tertiary/aromatic N) is 7. The van der Waals surface area contributed by atoms with Crippen LogP contribution in [0.5, 0.6) is 0 Å². The molecule has 2 fully saturated rings. The maximum atomic E-state index is 13.1. The lowest BCUT2D eigenvalue weighted by molar-refractivity contribution is 0.0807. The molecule has 1 unspecified atom stereocenters. The molecule has 1 atom stereocenters. The van der Waals surface area contributed by atoms with E-state index in [-0.39, 0.29) is 17.3 Å². The summed E-state index contributed by atoms with van der Waals surface area (Å²) < 4.78 is 1.41. The van der Waals surface area contributed by atoms with Crippen molar-refractivity contribution in [2.45, 2.75) is 6.04 Å². The SMILES string of the molecule is CN1CCN2CCN(c3ccncc3NC(=O)c3c(N)nn4cc(Cl)cnc34)CC2C1. The number of carbonyl (C=O) groups excluding carboxylic acids is 1. The highest BCUT2D eigenvalue weighted by Crippen LogP contribution is 2.29. The predicted octanol–water partition coefficient (Wildman–Crippen LogP) is 1.05. The fourth-order valence-electron chi connectivity index (χ4n) is 4.42. The van der Waals surface area contributed by atoms with Gasteiger partial charge in [-0.3, -0.25) is 14.7 Å². The van der Waals surface area contributed by atoms with E-state index in [4.69, 9.17) is 17.3 Å². The zero-order valence-corrected chi connectivity index (χ0v) is 18.0. The Balaban J connectivity index is 1.40. The topological polar surface area (TPSA) is 108 Å². The number of aromatic nitrogens is 4. The number of fused-ring (bicyclic) bond motifs is 2. The molecule has 0 spiro atoms. The molecule has 3 aromatic rings. The fraction of sp³-hybridized carbons (Fsp3) is 0.400. The highest BCUT2D eigenvalue weighted by atomic mass is 35.5. The number of pyridine rings is 1. The number of rotatable bonds is 3. The van der Waals surface area contributed by atoms with Crippen LogP contribution in [0.4, 0.5) is 17.2 Å². The highest BCUT2D eigenvalue weighted by molar-refractivity contribution is 6.30. The van der Waals surface area contributed by atoms with Gasteiger partial charge in [0.15, 0.2) is 11.5 Å². The van der Waals surface area contributed by atoms with Crippen LogP contribution >= 0.6 is 11.6 Å². The van der Waals surface area contributed by atoms with E-state index in [1.54, 1.807) is 18.6 Å². The highest BCUT2D eigenvalue weighted by Gasteiger charge is 2.32. The van der Waals surface area contributed by atoms with Crippen molar-refractivity contribution in [1.29, 1.82) is 0 Å². The molecule has 0 radical (unpaired) electrons. The summed E-state index contributed by atoms with van der Waals surface area (Å²) in [4.78, 5) is 28.8. The molecule has 162 valence electrons. The van der Waals surface area contributed by atoms with Gasteiger partial charge >= 0.3 is 0 Å². The molecule has 5 rings (SSSR count). The number of hydrogen-bond donors (Lipinski definition) is 2. The third-order valence-electron chi connectivity index (χ3n) is 5.98. The van der Waals surface area contributed by atoms with E-state index in [0.717, 1.165) is 45.0 Å². The maximum Gasteiger partial charge on any atom is 0.263 e. The van der Waals surface area contributed by atoms with Crippen LogP contribution in [0.25, 0.3) is 5.65 Å². The first-order valence-electron chi connectivity index (χ1n) is 10.2. The monoisotopic (exact) mass is 441 g/mol. The van der Waals surface area contributed by atoms with Gasteiger partial charge in [-0.1, -0.05) is 11.6 Å². The summed E-state index contributed by atoms with van der Waals surface area (Å²) in [5.74, 6) is -0.288. The Morgan fingerprint density at radius 2 is 2.06 bits per heavy atom. The molecule has 0 aromatic carbocycles. The van der Waals surface area contributed by atoms with Gasteiger partial charge < -0.3 is 20.9 Å². The summed E-state index contributed by atoms with van der Waals surface area (Å²) in [6.07, 6.45) is 6.44. The molecule has 0 bridgehead atoms. The first kappa shape index (κ1) is 20.0. The van der Waals surface area contributed by atoms with E-state index < -0.39 is 0 Å². The molecule has 5 heterocycles. The van der Waals surface area contributed by atoms with Crippen molar-refractivity contribution in [1.82, 2.24) is 29.4 Å². The second kappa shape index (κ2) is 7.95. The van der Waals surface area contributed by atoms with Crippen LogP contribution in [0, 0.1) is 0 Å². The Kier molecular flexibility index (Phi) is 5.12. The molecule has 0 aliphatic carbocycles. The Hall–Kier alpha value is -2.95. The number of nitrogens with one attached hydrogen (secondary N) is 1. The normalized spacial score (nSPS) is 20.1. The quantitative estimate of drug-likeness (QED) is 0.621. The average molecular weight is 442 g/mol. The minimum Gasteiger partial charge on any atom is -0.381 e. The molecule has 31 heavy (non-hydrogen) atoms. The molecule has 11 heteroatoms. The smallest absolute Gasteiger partial charge is 0.263 e. The van der Waals surface area contributed by atoms with E-state index in [9.17, 15) is 4.79 Å². The average Bonchev–Trinajstić information content (AvgIpc) is 3.08. The largest absolute Gasteiger partial charge is 0.381 e. The molecule has 3 aromatic heterocycles. The summed E-state index contributed by atoms with van der Waals surface area (Å²) in [7, 11) is 2.16. The van der Waals surface area contributed by atoms with Crippen LogP contribution in [-0.4, -0.2) is 87.6 Å². The third kappa shape index (κ3) is 3.78. The number of amides is 1. The number of likely N-dealkylation sites (N-methyl/N-ethyl adjacent to an activating group) is 1. The van der Waals surface area contributed by atoms with Crippen molar-refractivity contribution in [3.8, 4) is 0 Å². The number of halogens is 1. The van der Waals surface area contributed by atoms with Crippen molar-refractivity contribution in [2.24, 2.45) is 0 Å². The molecular weight excluding hydrogens is 418 g/mol. The molecular formula is C20H24ClN9O. The van der Waals surface area contributed by atoms with E-state index in [1.165, 1.54) is 10.7 Å². The van der Waals surface area contributed by atoms with Gasteiger partial charge in [-0.15, -0.1) is 5.10 Å². The molecule has 2 aliphatic rings. The standard InChI is InChI=1S/C20H24ClN9O/c1-27-4-5-28-6-7-29(12-14(28)11-27)16-2-3-23-9-15(16)25-20(31)17-18(22)26-30-10-13(21)8-24-19(17)30/h2-3,8-10,14H,4-7,11-12H2,1H3,(H2,22,26)(H,25,31). The number of carbonyl (C=O) groups is 1. The molecule has 1 amide bonds. The van der Waals surface area contributed by atoms with Crippen LogP contribution in [0.3, 0.4) is 0 Å². The second-order valence-corrected chi connectivity index (χ2v) is 8.48. The first-order valence-corrected chi connectivity index (χ1v) is 10.6. The van der Waals surface area contributed by atoms with Gasteiger partial charge in [-0.05, 0) is 13.1 Å². The van der Waals surface area contributed by atoms with Gasteiger partial charge in [0.25, 0.3) is 5.91 Å². The van der Waals surface area contributed by atoms with Gasteiger partial charge in [-0.25, -0.2) is 9.50 Å². The van der Waals surface area contributed by atoms with Crippen LogP contribution in [-0.2, 0) is 0 Å². The fourth-order valence-corrected chi connectivity index (χ4v) is 4.56. The number of anilines is 3. The summed E-state index contributed by atoms with van der Waals surface area (Å²) in [6, 6.07) is 2.41. The van der Waals surface area contributed by atoms with Crippen molar-refractivity contribution in [3.63, 3.8) is 0 Å². The predicted molar refractivity (Wildman–Crippen MR) is 120 cm³/mol. The molecule has 0 saturated carbocycles. The summed E-state index contributed by atoms with van der Waals surface area (Å²) in [5, 5.41) is 7.52. The Labute approximate surface area is 184 Å². The summed E-state index contributed by atoms with van der Waals surface area (Å²) in [5.41, 5.74) is 8.16. The van der Waals surface area contributed by atoms with Crippen LogP contribution in [0.2, 0.25) is 5.02 Å². The van der Waals surface area contributed by atoms with Crippen molar-refractivity contribution in [3.05, 3.63) is 41.4 Å². The number of piperazine rings is 2. The molecule has 2 aliphatic heterocycles. The Morgan fingerprint density at radius 1 is 1.23 bits per heavy atom. The van der Waals surface area contributed by atoms with Gasteiger partial charge in [-0.2, -0.15) is 0 Å². The number of hydrogen-bond acceptors (Lipinski definition) is 8. The zero-order chi connectivity index (χ0) is 21.5. The van der Waals surface area contributed by atoms with Gasteiger partial charge in [0, 0.05) is 57.7 Å². The van der Waals surface area contributed by atoms with Gasteiger partial charge in [0.05, 0.1) is 28.8 Å². The zero-order valence-electron chi connectivity index (χ0n) is 17.2. The van der Waals surface area contributed by atoms with Crippen LogP contribution < -0.4 is 16.0 Å². The van der Waals surface area contributed by atoms with E-state index in [0.29, 0.717) is 22.4 Å². The van der Waals surface area contributed by atoms with Gasteiger partial charge in [0.1, 0.15) is 5.56 Å². The molecule has 10 nitrogen and oxygen atoms in total. The lowest BCUT2D eigenvalue weighted by Crippen LogP contribution is -2.61. The molecule has 2 saturated heterocycles. The molecule has 3 N–H and O–H groups in total. The Bertz CT molecular complexity index is 1130. The minimum absolute atomic E-state index is 0.0940. The van der Waals surface area contributed by atoms with Crippen molar-refractivity contribution in [2.75, 3.05) is 62.3 Å². The lowest BCUT2D eigenvalue weighted by Gasteiger charge is -2.47. The Morgan fingerprint density at radius 3 is 2.94 bits per heavy atom. The van der Waals surface area contributed by atoms with E-state index in [2.05, 4.69) is 42.1 Å². The summed E-state index contributed by atoms with van der Waals surface area (Å²) >= 11 is 5.97. The van der Waals surface area contributed by atoms with E-state index >= 15 is 0 Å². The van der Waals surface area contributed by atoms with Crippen molar-refractivity contribution < 1.29 is 4.79 Å². The van der Waals surface area contributed by atoms with Crippen molar-refractivity contribution >= 4 is 40.3 Å². The minimum atomic E-state index is -0.382. The number of nitrogens with two attached hydrogens (primary N) is 1. The van der Waals surface area contributed by atoms with E-state index in [1.807, 2.05) is 6.07 Å². The van der Waals surface area contributed by atoms with Gasteiger partial charge in [0.2, 0.25) is 0 Å². The lowest BCUT2D eigenvalue weighted by atomic mass is 10.1. The number of nitrogen functional groups attached to an aromatic ring is 1.